The predicted molar refractivity (Wildman–Crippen MR) is 102 cm³/mol. The number of H-pyrrole nitrogens is 1. The summed E-state index contributed by atoms with van der Waals surface area (Å²) in [6.07, 6.45) is 8.05. The van der Waals surface area contributed by atoms with Crippen LogP contribution >= 0.6 is 0 Å². The SMILES string of the molecule is NC(=O)NNC(=O)c1cnc2[nH]ccc2c1NC1[C@@H]2CC3C[C@H]1CC(O)(C3)C2. The van der Waals surface area contributed by atoms with Crippen LogP contribution in [0, 0.1) is 17.8 Å². The molecular formula is C19H24N6O3. The summed E-state index contributed by atoms with van der Waals surface area (Å²) in [7, 11) is 0. The molecule has 28 heavy (non-hydrogen) atoms. The van der Waals surface area contributed by atoms with Crippen molar-refractivity contribution < 1.29 is 14.7 Å². The molecular weight excluding hydrogens is 360 g/mol. The third kappa shape index (κ3) is 2.77. The minimum Gasteiger partial charge on any atom is -0.390 e. The third-order valence-electron chi connectivity index (χ3n) is 6.68. The van der Waals surface area contributed by atoms with E-state index in [9.17, 15) is 14.7 Å². The van der Waals surface area contributed by atoms with Gasteiger partial charge in [-0.3, -0.25) is 10.2 Å². The Bertz CT molecular complexity index is 940. The number of nitrogens with two attached hydrogens (primary N) is 1. The molecule has 4 aliphatic carbocycles. The van der Waals surface area contributed by atoms with Crippen molar-refractivity contribution in [2.75, 3.05) is 5.32 Å². The fourth-order valence-corrected chi connectivity index (χ4v) is 5.90. The van der Waals surface area contributed by atoms with Gasteiger partial charge in [-0.05, 0) is 55.9 Å². The van der Waals surface area contributed by atoms with E-state index in [-0.39, 0.29) is 6.04 Å². The number of amides is 3. The minimum absolute atomic E-state index is 0.202. The standard InChI is InChI=1S/C19H24N6O3/c20-18(27)25-24-17(26)13-8-22-16-12(1-2-21-16)15(13)23-14-10-3-9-4-11(14)7-19(28,5-9)6-10/h1-2,8-11,14,28H,3-7H2,(H,24,26)(H3,20,25,27)(H2,21,22,23)/t9?,10-,11+,14?,19?. The number of nitrogens with one attached hydrogen (secondary N) is 4. The number of hydrogen-bond acceptors (Lipinski definition) is 5. The van der Waals surface area contributed by atoms with E-state index in [1.54, 1.807) is 6.20 Å². The molecule has 7 N–H and O–H groups in total. The van der Waals surface area contributed by atoms with Crippen molar-refractivity contribution >= 4 is 28.7 Å². The fraction of sp³-hybridized carbons (Fsp3) is 0.526. The van der Waals surface area contributed by atoms with Gasteiger partial charge in [0.2, 0.25) is 0 Å². The number of carbonyl (C=O) groups is 2. The van der Waals surface area contributed by atoms with Crippen LogP contribution in [0.3, 0.4) is 0 Å². The van der Waals surface area contributed by atoms with Gasteiger partial charge in [-0.2, -0.15) is 0 Å². The molecule has 4 bridgehead atoms. The summed E-state index contributed by atoms with van der Waals surface area (Å²) in [4.78, 5) is 30.9. The van der Waals surface area contributed by atoms with Gasteiger partial charge in [-0.15, -0.1) is 0 Å². The summed E-state index contributed by atoms with van der Waals surface area (Å²) in [6.45, 7) is 0. The number of urea groups is 1. The quantitative estimate of drug-likeness (QED) is 0.441. The second kappa shape index (κ2) is 6.10. The molecule has 0 radical (unpaired) electrons. The lowest BCUT2D eigenvalue weighted by atomic mass is 9.52. The first-order valence-corrected chi connectivity index (χ1v) is 9.73. The smallest absolute Gasteiger partial charge is 0.330 e. The first-order chi connectivity index (χ1) is 13.4. The molecule has 2 heterocycles. The van der Waals surface area contributed by atoms with Crippen molar-refractivity contribution in [1.82, 2.24) is 20.8 Å². The first kappa shape index (κ1) is 17.3. The molecule has 5 atom stereocenters. The van der Waals surface area contributed by atoms with E-state index >= 15 is 0 Å². The number of hydrogen-bond donors (Lipinski definition) is 6. The van der Waals surface area contributed by atoms with Crippen LogP contribution in [-0.4, -0.2) is 38.7 Å². The van der Waals surface area contributed by atoms with Gasteiger partial charge in [0.15, 0.2) is 0 Å². The molecule has 3 amide bonds. The number of aromatic amines is 1. The van der Waals surface area contributed by atoms with Crippen molar-refractivity contribution in [3.63, 3.8) is 0 Å². The van der Waals surface area contributed by atoms with Gasteiger partial charge in [0, 0.05) is 23.8 Å². The number of fused-ring (bicyclic) bond motifs is 1. The lowest BCUT2D eigenvalue weighted by molar-refractivity contribution is -0.129. The summed E-state index contributed by atoms with van der Waals surface area (Å²) in [6, 6.07) is 1.24. The molecule has 0 spiro atoms. The molecule has 0 aliphatic heterocycles. The highest BCUT2D eigenvalue weighted by molar-refractivity contribution is 6.06. The van der Waals surface area contributed by atoms with Crippen LogP contribution < -0.4 is 21.9 Å². The van der Waals surface area contributed by atoms with Crippen LogP contribution in [0.1, 0.15) is 42.5 Å². The van der Waals surface area contributed by atoms with E-state index < -0.39 is 17.5 Å². The van der Waals surface area contributed by atoms with Gasteiger partial charge >= 0.3 is 6.03 Å². The summed E-state index contributed by atoms with van der Waals surface area (Å²) in [5.41, 5.74) is 10.7. The van der Waals surface area contributed by atoms with Crippen LogP contribution in [0.25, 0.3) is 11.0 Å². The molecule has 4 fully saturated rings. The molecule has 9 nitrogen and oxygen atoms in total. The number of carbonyl (C=O) groups excluding carboxylic acids is 2. The Balaban J connectivity index is 1.48. The van der Waals surface area contributed by atoms with Crippen LogP contribution in [0.15, 0.2) is 18.5 Å². The largest absolute Gasteiger partial charge is 0.390 e. The van der Waals surface area contributed by atoms with Crippen molar-refractivity contribution in [3.8, 4) is 0 Å². The Hall–Kier alpha value is -2.81. The van der Waals surface area contributed by atoms with Crippen LogP contribution in [0.2, 0.25) is 0 Å². The highest BCUT2D eigenvalue weighted by atomic mass is 16.3. The summed E-state index contributed by atoms with van der Waals surface area (Å²) < 4.78 is 0. The molecule has 0 aromatic carbocycles. The highest BCUT2D eigenvalue weighted by Crippen LogP contribution is 2.56. The zero-order chi connectivity index (χ0) is 19.5. The molecule has 148 valence electrons. The normalized spacial score (nSPS) is 33.0. The number of rotatable bonds is 3. The zero-order valence-electron chi connectivity index (χ0n) is 15.4. The minimum atomic E-state index is -0.840. The average Bonchev–Trinajstić information content (AvgIpc) is 3.10. The van der Waals surface area contributed by atoms with Crippen molar-refractivity contribution in [2.45, 2.75) is 43.7 Å². The number of nitrogens with zero attached hydrogens (tertiary/aromatic N) is 1. The molecule has 6 rings (SSSR count). The number of aliphatic hydroxyl groups is 1. The molecule has 0 saturated heterocycles. The lowest BCUT2D eigenvalue weighted by Gasteiger charge is -2.58. The monoisotopic (exact) mass is 384 g/mol. The van der Waals surface area contributed by atoms with E-state index in [2.05, 4.69) is 26.1 Å². The van der Waals surface area contributed by atoms with Gasteiger partial charge in [0.05, 0.1) is 16.9 Å². The fourth-order valence-electron chi connectivity index (χ4n) is 5.90. The van der Waals surface area contributed by atoms with E-state index in [1.165, 1.54) is 6.20 Å². The maximum Gasteiger partial charge on any atom is 0.330 e. The van der Waals surface area contributed by atoms with Crippen molar-refractivity contribution in [2.24, 2.45) is 23.5 Å². The maximum absolute atomic E-state index is 12.6. The number of pyridine rings is 1. The number of anilines is 1. The van der Waals surface area contributed by atoms with Gasteiger partial charge in [-0.1, -0.05) is 0 Å². The second-order valence-electron chi connectivity index (χ2n) is 8.59. The molecule has 9 heteroatoms. The van der Waals surface area contributed by atoms with E-state index in [1.807, 2.05) is 6.07 Å². The molecule has 2 aromatic heterocycles. The Labute approximate surface area is 161 Å². The summed E-state index contributed by atoms with van der Waals surface area (Å²) >= 11 is 0. The van der Waals surface area contributed by atoms with Crippen LogP contribution in [0.4, 0.5) is 10.5 Å². The Morgan fingerprint density at radius 1 is 1.21 bits per heavy atom. The van der Waals surface area contributed by atoms with Crippen molar-refractivity contribution in [3.05, 3.63) is 24.0 Å². The van der Waals surface area contributed by atoms with Gasteiger partial charge < -0.3 is 21.1 Å². The summed E-state index contributed by atoms with van der Waals surface area (Å²) in [5, 5.41) is 15.3. The van der Waals surface area contributed by atoms with Gasteiger partial charge in [0.25, 0.3) is 5.91 Å². The van der Waals surface area contributed by atoms with Crippen LogP contribution in [-0.2, 0) is 0 Å². The summed E-state index contributed by atoms with van der Waals surface area (Å²) in [5.74, 6) is 0.892. The second-order valence-corrected chi connectivity index (χ2v) is 8.59. The predicted octanol–water partition coefficient (Wildman–Crippen LogP) is 1.23. The van der Waals surface area contributed by atoms with E-state index in [0.29, 0.717) is 34.7 Å². The lowest BCUT2D eigenvalue weighted by Crippen LogP contribution is -2.59. The highest BCUT2D eigenvalue weighted by Gasteiger charge is 2.54. The molecule has 2 aromatic rings. The molecule has 4 aliphatic rings. The topological polar surface area (TPSA) is 145 Å². The Kier molecular flexibility index (Phi) is 3.77. The van der Waals surface area contributed by atoms with Crippen molar-refractivity contribution in [1.29, 1.82) is 0 Å². The van der Waals surface area contributed by atoms with E-state index in [0.717, 1.165) is 37.5 Å². The molecule has 4 saturated carbocycles. The number of aromatic nitrogens is 2. The maximum atomic E-state index is 12.6. The Morgan fingerprint density at radius 3 is 2.64 bits per heavy atom. The first-order valence-electron chi connectivity index (χ1n) is 9.73. The van der Waals surface area contributed by atoms with Gasteiger partial charge in [0.1, 0.15) is 5.65 Å². The average molecular weight is 384 g/mol. The van der Waals surface area contributed by atoms with Crippen LogP contribution in [0.5, 0.6) is 0 Å². The van der Waals surface area contributed by atoms with E-state index in [4.69, 9.17) is 5.73 Å². The molecule has 3 unspecified atom stereocenters. The van der Waals surface area contributed by atoms with Gasteiger partial charge in [-0.25, -0.2) is 15.2 Å². The Morgan fingerprint density at radius 2 is 1.96 bits per heavy atom. The number of primary amides is 1. The third-order valence-corrected chi connectivity index (χ3v) is 6.68. The zero-order valence-corrected chi connectivity index (χ0v) is 15.4. The number of hydrazine groups is 1.